The number of ether oxygens (including phenoxy) is 1. The molecule has 2 heterocycles. The lowest BCUT2D eigenvalue weighted by molar-refractivity contribution is -0.137. The molecule has 3 rings (SSSR count). The predicted molar refractivity (Wildman–Crippen MR) is 96.0 cm³/mol. The van der Waals surface area contributed by atoms with Crippen LogP contribution in [0.4, 0.5) is 13.2 Å². The molecular weight excluding hydrogens is 341 g/mol. The van der Waals surface area contributed by atoms with Crippen LogP contribution in [0.5, 0.6) is 0 Å². The van der Waals surface area contributed by atoms with Crippen molar-refractivity contribution < 1.29 is 17.9 Å². The van der Waals surface area contributed by atoms with Crippen molar-refractivity contribution in [2.24, 2.45) is 0 Å². The largest absolute Gasteiger partial charge is 0.416 e. The van der Waals surface area contributed by atoms with Gasteiger partial charge in [0.2, 0.25) is 0 Å². The molecule has 146 valence electrons. The maximum Gasteiger partial charge on any atom is 0.416 e. The summed E-state index contributed by atoms with van der Waals surface area (Å²) < 4.78 is 44.4. The second-order valence-electron chi connectivity index (χ2n) is 8.41. The summed E-state index contributed by atoms with van der Waals surface area (Å²) in [5.41, 5.74) is 0.397. The Morgan fingerprint density at radius 2 is 1.69 bits per heavy atom. The first kappa shape index (κ1) is 19.6. The fraction of sp³-hybridized carbons (Fsp3) is 0.700. The second-order valence-corrected chi connectivity index (χ2v) is 8.41. The number of hydrogen-bond acceptors (Lipinski definition) is 3. The molecule has 2 saturated heterocycles. The van der Waals surface area contributed by atoms with Gasteiger partial charge in [-0.3, -0.25) is 9.80 Å². The molecule has 0 aliphatic carbocycles. The first-order valence-electron chi connectivity index (χ1n) is 9.38. The molecule has 2 aliphatic rings. The molecule has 2 fully saturated rings. The van der Waals surface area contributed by atoms with E-state index in [-0.39, 0.29) is 17.6 Å². The van der Waals surface area contributed by atoms with Crippen molar-refractivity contribution in [3.8, 4) is 0 Å². The minimum absolute atomic E-state index is 0.0206. The lowest BCUT2D eigenvalue weighted by Crippen LogP contribution is -2.66. The van der Waals surface area contributed by atoms with Crippen LogP contribution in [-0.4, -0.2) is 53.7 Å². The monoisotopic (exact) mass is 370 g/mol. The van der Waals surface area contributed by atoms with Crippen molar-refractivity contribution >= 4 is 0 Å². The highest BCUT2D eigenvalue weighted by Gasteiger charge is 2.43. The summed E-state index contributed by atoms with van der Waals surface area (Å²) in [6, 6.07) is 6.32. The van der Waals surface area contributed by atoms with Gasteiger partial charge in [-0.1, -0.05) is 19.1 Å². The third-order valence-corrected chi connectivity index (χ3v) is 5.68. The molecule has 26 heavy (non-hydrogen) atoms. The van der Waals surface area contributed by atoms with Gasteiger partial charge in [0, 0.05) is 30.7 Å². The van der Waals surface area contributed by atoms with E-state index in [4.69, 9.17) is 4.74 Å². The van der Waals surface area contributed by atoms with Crippen molar-refractivity contribution in [1.29, 1.82) is 0 Å². The number of rotatable bonds is 2. The third-order valence-electron chi connectivity index (χ3n) is 5.68. The summed E-state index contributed by atoms with van der Waals surface area (Å²) in [7, 11) is 0. The highest BCUT2D eigenvalue weighted by atomic mass is 19.4. The zero-order valence-electron chi connectivity index (χ0n) is 16.0. The number of benzene rings is 1. The van der Waals surface area contributed by atoms with Gasteiger partial charge in [-0.2, -0.15) is 13.2 Å². The number of hydrogen-bond donors (Lipinski definition) is 0. The van der Waals surface area contributed by atoms with Gasteiger partial charge in [-0.15, -0.1) is 0 Å². The van der Waals surface area contributed by atoms with Gasteiger partial charge in [0.1, 0.15) is 0 Å². The molecule has 0 aromatic heterocycles. The van der Waals surface area contributed by atoms with Gasteiger partial charge in [-0.05, 0) is 44.9 Å². The van der Waals surface area contributed by atoms with Crippen LogP contribution in [0.25, 0.3) is 0 Å². The maximum absolute atomic E-state index is 12.8. The Hall–Kier alpha value is -1.11. The summed E-state index contributed by atoms with van der Waals surface area (Å²) in [5, 5.41) is 0. The van der Waals surface area contributed by atoms with Crippen LogP contribution < -0.4 is 0 Å². The second kappa shape index (κ2) is 7.13. The fourth-order valence-electron chi connectivity index (χ4n) is 4.27. The van der Waals surface area contributed by atoms with Gasteiger partial charge in [0.05, 0.1) is 24.8 Å². The predicted octanol–water partition coefficient (Wildman–Crippen LogP) is 4.34. The van der Waals surface area contributed by atoms with Crippen LogP contribution >= 0.6 is 0 Å². The van der Waals surface area contributed by atoms with Gasteiger partial charge in [0.15, 0.2) is 0 Å². The quantitative estimate of drug-likeness (QED) is 0.770. The average Bonchev–Trinajstić information content (AvgIpc) is 2.58. The highest BCUT2D eigenvalue weighted by molar-refractivity contribution is 5.27. The Morgan fingerprint density at radius 3 is 2.23 bits per heavy atom. The first-order valence-corrected chi connectivity index (χ1v) is 9.38. The molecule has 3 atom stereocenters. The van der Waals surface area contributed by atoms with Crippen molar-refractivity contribution in [2.75, 3.05) is 26.3 Å². The average molecular weight is 370 g/mol. The Balaban J connectivity index is 1.82. The Bertz CT molecular complexity index is 609. The van der Waals surface area contributed by atoms with Crippen LogP contribution in [0.15, 0.2) is 24.3 Å². The number of halogens is 3. The van der Waals surface area contributed by atoms with Crippen molar-refractivity contribution in [1.82, 2.24) is 9.80 Å². The molecule has 1 aromatic carbocycles. The van der Waals surface area contributed by atoms with Gasteiger partial charge in [-0.25, -0.2) is 0 Å². The smallest absolute Gasteiger partial charge is 0.378 e. The van der Waals surface area contributed by atoms with E-state index >= 15 is 0 Å². The van der Waals surface area contributed by atoms with Crippen molar-refractivity contribution in [3.05, 3.63) is 35.4 Å². The lowest BCUT2D eigenvalue weighted by Gasteiger charge is -2.55. The molecule has 0 spiro atoms. The molecular formula is C20H29F3N2O. The number of nitrogens with zero attached hydrogens (tertiary/aromatic N) is 2. The number of morpholine rings is 1. The molecule has 2 aliphatic heterocycles. The summed E-state index contributed by atoms with van der Waals surface area (Å²) in [4.78, 5) is 5.00. The molecule has 0 unspecified atom stereocenters. The van der Waals surface area contributed by atoms with E-state index in [1.807, 2.05) is 0 Å². The third kappa shape index (κ3) is 3.92. The van der Waals surface area contributed by atoms with E-state index in [9.17, 15) is 13.2 Å². The van der Waals surface area contributed by atoms with E-state index in [1.165, 1.54) is 12.1 Å². The Labute approximate surface area is 154 Å². The van der Waals surface area contributed by atoms with Crippen molar-refractivity contribution in [3.63, 3.8) is 0 Å². The van der Waals surface area contributed by atoms with Crippen molar-refractivity contribution in [2.45, 2.75) is 64.0 Å². The lowest BCUT2D eigenvalue weighted by atomic mass is 9.92. The molecule has 6 heteroatoms. The maximum atomic E-state index is 12.8. The fourth-order valence-corrected chi connectivity index (χ4v) is 4.27. The minimum atomic E-state index is -4.30. The normalized spacial score (nSPS) is 28.8. The summed E-state index contributed by atoms with van der Waals surface area (Å²) in [6.07, 6.45) is -3.24. The van der Waals surface area contributed by atoms with Crippen LogP contribution in [-0.2, 0) is 10.9 Å². The van der Waals surface area contributed by atoms with E-state index in [1.54, 1.807) is 12.1 Å². The van der Waals surface area contributed by atoms with E-state index in [0.29, 0.717) is 19.3 Å². The van der Waals surface area contributed by atoms with Gasteiger partial charge in [0.25, 0.3) is 0 Å². The Kier molecular flexibility index (Phi) is 5.39. The first-order chi connectivity index (χ1) is 12.1. The Morgan fingerprint density at radius 1 is 1.04 bits per heavy atom. The minimum Gasteiger partial charge on any atom is -0.378 e. The zero-order valence-corrected chi connectivity index (χ0v) is 16.0. The summed E-state index contributed by atoms with van der Waals surface area (Å²) in [5.74, 6) is 0. The highest BCUT2D eigenvalue weighted by Crippen LogP contribution is 2.36. The molecule has 0 amide bonds. The van der Waals surface area contributed by atoms with E-state index in [0.717, 1.165) is 25.1 Å². The van der Waals surface area contributed by atoms with Crippen LogP contribution in [0.2, 0.25) is 0 Å². The SMILES string of the molecule is CC[C@H]1CN2[C@@H](COC[C@H]2c2ccc(C(F)(F)F)cc2)CN1C(C)(C)C. The zero-order chi connectivity index (χ0) is 19.1. The summed E-state index contributed by atoms with van der Waals surface area (Å²) in [6.45, 7) is 12.0. The topological polar surface area (TPSA) is 15.7 Å². The molecule has 0 radical (unpaired) electrons. The van der Waals surface area contributed by atoms with Crippen LogP contribution in [0.3, 0.4) is 0 Å². The number of fused-ring (bicyclic) bond motifs is 1. The van der Waals surface area contributed by atoms with Crippen LogP contribution in [0, 0.1) is 0 Å². The molecule has 0 saturated carbocycles. The van der Waals surface area contributed by atoms with Crippen LogP contribution in [0.1, 0.15) is 51.3 Å². The standard InChI is InChI=1S/C20H29F3N2O/c1-5-16-10-24-17(11-25(16)19(2,3)4)12-26-13-18(24)14-6-8-15(9-7-14)20(21,22)23/h6-9,16-18H,5,10-13H2,1-4H3/t16-,17+,18-/m0/s1. The van der Waals surface area contributed by atoms with Gasteiger partial charge >= 0.3 is 6.18 Å². The van der Waals surface area contributed by atoms with E-state index in [2.05, 4.69) is 37.5 Å². The number of piperazine rings is 1. The molecule has 3 nitrogen and oxygen atoms in total. The summed E-state index contributed by atoms with van der Waals surface area (Å²) >= 11 is 0. The molecule has 1 aromatic rings. The molecule has 0 N–H and O–H groups in total. The molecule has 0 bridgehead atoms. The number of alkyl halides is 3. The van der Waals surface area contributed by atoms with Gasteiger partial charge < -0.3 is 4.74 Å². The van der Waals surface area contributed by atoms with E-state index < -0.39 is 11.7 Å².